The zero-order valence-corrected chi connectivity index (χ0v) is 26.1. The molecule has 5 fully saturated rings. The van der Waals surface area contributed by atoms with Gasteiger partial charge in [0.15, 0.2) is 0 Å². The number of alkyl halides is 2. The van der Waals surface area contributed by atoms with E-state index in [0.29, 0.717) is 31.7 Å². The summed E-state index contributed by atoms with van der Waals surface area (Å²) < 4.78 is 27.4. The lowest BCUT2D eigenvalue weighted by atomic mass is 9.79. The van der Waals surface area contributed by atoms with Crippen molar-refractivity contribution in [2.75, 3.05) is 20.1 Å². The van der Waals surface area contributed by atoms with Gasteiger partial charge in [0.1, 0.15) is 5.54 Å². The SMILES string of the molecule is CN1C(=O)N(CC2CCCCC2)C2(CC3CCC(C2)N3CC[C@H](NC(=O)C2CCC(F)(F)CC2)c2ccccc2)C1=O.Cl. The maximum Gasteiger partial charge on any atom is 0.327 e. The van der Waals surface area contributed by atoms with E-state index in [-0.39, 0.29) is 80.0 Å². The fourth-order valence-corrected chi connectivity index (χ4v) is 8.71. The zero-order valence-electron chi connectivity index (χ0n) is 25.3. The van der Waals surface area contributed by atoms with E-state index in [0.717, 1.165) is 37.8 Å². The van der Waals surface area contributed by atoms with Crippen LogP contribution in [0, 0.1) is 11.8 Å². The quantitative estimate of drug-likeness (QED) is 0.345. The number of nitrogens with one attached hydrogen (secondary N) is 1. The van der Waals surface area contributed by atoms with E-state index in [1.165, 1.54) is 24.2 Å². The van der Waals surface area contributed by atoms with Crippen LogP contribution < -0.4 is 5.32 Å². The number of likely N-dealkylation sites (N-methyl/N-ethyl adjacent to an activating group) is 1. The highest BCUT2D eigenvalue weighted by atomic mass is 35.5. The van der Waals surface area contributed by atoms with E-state index in [9.17, 15) is 23.2 Å². The Kier molecular flexibility index (Phi) is 9.72. The minimum Gasteiger partial charge on any atom is -0.349 e. The molecule has 0 aromatic heterocycles. The van der Waals surface area contributed by atoms with Gasteiger partial charge in [-0.3, -0.25) is 19.4 Å². The van der Waals surface area contributed by atoms with E-state index in [4.69, 9.17) is 0 Å². The smallest absolute Gasteiger partial charge is 0.327 e. The van der Waals surface area contributed by atoms with Gasteiger partial charge in [0.25, 0.3) is 5.91 Å². The molecule has 5 aliphatic rings. The first-order valence-corrected chi connectivity index (χ1v) is 16.3. The van der Waals surface area contributed by atoms with Crippen LogP contribution in [0.2, 0.25) is 0 Å². The monoisotopic (exact) mass is 620 g/mol. The summed E-state index contributed by atoms with van der Waals surface area (Å²) in [6, 6.07) is 10.00. The minimum absolute atomic E-state index is 0. The third-order valence-corrected chi connectivity index (χ3v) is 11.1. The fraction of sp³-hybridized carbons (Fsp3) is 0.727. The van der Waals surface area contributed by atoms with Gasteiger partial charge in [0.2, 0.25) is 11.8 Å². The summed E-state index contributed by atoms with van der Waals surface area (Å²) in [4.78, 5) is 46.1. The molecular formula is C33H47ClF2N4O3. The molecule has 1 aromatic rings. The van der Waals surface area contributed by atoms with E-state index >= 15 is 0 Å². The van der Waals surface area contributed by atoms with Crippen LogP contribution in [0.1, 0.15) is 101 Å². The van der Waals surface area contributed by atoms with Crippen molar-refractivity contribution in [1.29, 1.82) is 0 Å². The predicted octanol–water partition coefficient (Wildman–Crippen LogP) is 6.32. The molecule has 7 nitrogen and oxygen atoms in total. The number of urea groups is 1. The van der Waals surface area contributed by atoms with Crippen LogP contribution in [-0.4, -0.2) is 76.2 Å². The van der Waals surface area contributed by atoms with E-state index < -0.39 is 11.5 Å². The highest BCUT2D eigenvalue weighted by Gasteiger charge is 2.62. The average Bonchev–Trinajstić information content (AvgIpc) is 3.33. The van der Waals surface area contributed by atoms with Crippen molar-refractivity contribution in [2.24, 2.45) is 11.8 Å². The number of benzene rings is 1. The number of hydrogen-bond acceptors (Lipinski definition) is 4. The topological polar surface area (TPSA) is 73.0 Å². The molecular weight excluding hydrogens is 574 g/mol. The first-order valence-electron chi connectivity index (χ1n) is 16.3. The second-order valence-electron chi connectivity index (χ2n) is 13.7. The number of carbonyl (C=O) groups is 3. The van der Waals surface area contributed by atoms with Crippen molar-refractivity contribution < 1.29 is 23.2 Å². The Balaban J connectivity index is 0.00000368. The highest BCUT2D eigenvalue weighted by molar-refractivity contribution is 6.07. The standard InChI is InChI=1S/C33H46F2N4O3.ClH/c1-37-30(41)32(39(31(37)42)22-23-8-4-2-5-9-23)20-26-12-13-27(21-32)38(26)19-16-28(24-10-6-3-7-11-24)36-29(40)25-14-17-33(34,35)18-15-25;/h3,6-7,10-11,23,25-28H,2,4-5,8-9,12-22H2,1H3,(H,36,40);1H/t26?,27?,28-,32?;/m0./s1. The molecule has 3 atom stereocenters. The normalized spacial score (nSPS) is 30.5. The molecule has 2 unspecified atom stereocenters. The van der Waals surface area contributed by atoms with Gasteiger partial charge < -0.3 is 10.2 Å². The van der Waals surface area contributed by atoms with Gasteiger partial charge in [-0.2, -0.15) is 0 Å². The molecule has 1 spiro atoms. The largest absolute Gasteiger partial charge is 0.349 e. The molecule has 3 saturated heterocycles. The molecule has 43 heavy (non-hydrogen) atoms. The van der Waals surface area contributed by atoms with Crippen LogP contribution in [0.5, 0.6) is 0 Å². The summed E-state index contributed by atoms with van der Waals surface area (Å²) in [6.45, 7) is 1.46. The Bertz CT molecular complexity index is 1140. The number of fused-ring (bicyclic) bond motifs is 2. The molecule has 4 amide bonds. The molecule has 3 aliphatic heterocycles. The maximum atomic E-state index is 13.7. The number of piperidine rings is 1. The summed E-state index contributed by atoms with van der Waals surface area (Å²) in [7, 11) is 1.64. The van der Waals surface area contributed by atoms with Gasteiger partial charge in [-0.25, -0.2) is 13.6 Å². The van der Waals surface area contributed by atoms with Crippen LogP contribution in [0.25, 0.3) is 0 Å². The number of halogens is 3. The van der Waals surface area contributed by atoms with Gasteiger partial charge in [-0.05, 0) is 69.3 Å². The summed E-state index contributed by atoms with van der Waals surface area (Å²) in [6.07, 6.45) is 9.97. The zero-order chi connectivity index (χ0) is 29.5. The predicted molar refractivity (Wildman–Crippen MR) is 163 cm³/mol. The second kappa shape index (κ2) is 13.0. The third-order valence-electron chi connectivity index (χ3n) is 11.1. The van der Waals surface area contributed by atoms with Crippen molar-refractivity contribution >= 4 is 30.3 Å². The summed E-state index contributed by atoms with van der Waals surface area (Å²) in [5, 5.41) is 3.22. The first kappa shape index (κ1) is 32.1. The molecule has 1 aromatic carbocycles. The lowest BCUT2D eigenvalue weighted by Crippen LogP contribution is -2.61. The Hall–Kier alpha value is -2.26. The van der Waals surface area contributed by atoms with Crippen LogP contribution in [0.3, 0.4) is 0 Å². The van der Waals surface area contributed by atoms with Crippen LogP contribution >= 0.6 is 12.4 Å². The third kappa shape index (κ3) is 6.44. The van der Waals surface area contributed by atoms with Crippen LogP contribution in [0.4, 0.5) is 13.6 Å². The molecule has 2 saturated carbocycles. The van der Waals surface area contributed by atoms with Crippen molar-refractivity contribution in [2.45, 2.75) is 119 Å². The number of carbonyl (C=O) groups excluding carboxylic acids is 3. The molecule has 2 bridgehead atoms. The molecule has 2 aliphatic carbocycles. The Morgan fingerprint density at radius 1 is 0.953 bits per heavy atom. The molecule has 0 radical (unpaired) electrons. The lowest BCUT2D eigenvalue weighted by molar-refractivity contribution is -0.137. The summed E-state index contributed by atoms with van der Waals surface area (Å²) in [5.74, 6) is -2.73. The van der Waals surface area contributed by atoms with Crippen molar-refractivity contribution in [1.82, 2.24) is 20.0 Å². The Morgan fingerprint density at radius 3 is 2.21 bits per heavy atom. The number of hydrogen-bond donors (Lipinski definition) is 1. The van der Waals surface area contributed by atoms with Crippen molar-refractivity contribution in [3.63, 3.8) is 0 Å². The Morgan fingerprint density at radius 2 is 1.58 bits per heavy atom. The molecule has 3 heterocycles. The number of rotatable bonds is 8. The summed E-state index contributed by atoms with van der Waals surface area (Å²) in [5.41, 5.74) is 0.284. The Labute approximate surface area is 260 Å². The molecule has 1 N–H and O–H groups in total. The number of nitrogens with zero attached hydrogens (tertiary/aromatic N) is 3. The highest BCUT2D eigenvalue weighted by Crippen LogP contribution is 2.48. The van der Waals surface area contributed by atoms with Crippen molar-refractivity contribution in [3.05, 3.63) is 35.9 Å². The van der Waals surface area contributed by atoms with Crippen molar-refractivity contribution in [3.8, 4) is 0 Å². The maximum absolute atomic E-state index is 13.7. The van der Waals surface area contributed by atoms with Gasteiger partial charge in [-0.1, -0.05) is 49.6 Å². The molecule has 238 valence electrons. The van der Waals surface area contributed by atoms with Gasteiger partial charge in [-0.15, -0.1) is 12.4 Å². The van der Waals surface area contributed by atoms with E-state index in [2.05, 4.69) is 10.2 Å². The van der Waals surface area contributed by atoms with Crippen LogP contribution in [0.15, 0.2) is 30.3 Å². The van der Waals surface area contributed by atoms with Gasteiger partial charge in [0.05, 0.1) is 6.04 Å². The molecule has 10 heteroatoms. The number of amides is 4. The minimum atomic E-state index is -2.66. The van der Waals surface area contributed by atoms with Crippen LogP contribution in [-0.2, 0) is 9.59 Å². The van der Waals surface area contributed by atoms with E-state index in [1.54, 1.807) is 7.05 Å². The lowest BCUT2D eigenvalue weighted by Gasteiger charge is -2.47. The second-order valence-corrected chi connectivity index (χ2v) is 13.7. The number of imide groups is 1. The fourth-order valence-electron chi connectivity index (χ4n) is 8.71. The first-order chi connectivity index (χ1) is 20.2. The molecule has 6 rings (SSSR count). The van der Waals surface area contributed by atoms with Gasteiger partial charge >= 0.3 is 6.03 Å². The summed E-state index contributed by atoms with van der Waals surface area (Å²) >= 11 is 0. The van der Waals surface area contributed by atoms with E-state index in [1.807, 2.05) is 35.2 Å². The van der Waals surface area contributed by atoms with Gasteiger partial charge in [0, 0.05) is 51.0 Å². The average molecular weight is 621 g/mol.